The molecule has 1 rings (SSSR count). The highest BCUT2D eigenvalue weighted by atomic mass is 35.6. The lowest BCUT2D eigenvalue weighted by atomic mass is 10.4. The van der Waals surface area contributed by atoms with Gasteiger partial charge >= 0.3 is 12.1 Å². The number of carbonyl (C=O) groups is 1. The van der Waals surface area contributed by atoms with Crippen molar-refractivity contribution >= 4 is 46.6 Å². The average molecular weight is 361 g/mol. The Balaban J connectivity index is 2.93. The minimum Gasteiger partial charge on any atom is -0.479 e. The summed E-state index contributed by atoms with van der Waals surface area (Å²) in [6.45, 7) is -0.439. The molecular formula is C10H12Cl3N3O5. The van der Waals surface area contributed by atoms with Crippen LogP contribution >= 0.6 is 34.8 Å². The third kappa shape index (κ3) is 5.49. The number of amides is 1. The molecule has 1 N–H and O–H groups in total. The topological polar surface area (TPSA) is 91.8 Å². The SMILES string of the molecule is COc1nc(OC)c(NC(=O)OCC(Cl)(Cl)Cl)c(OC)n1. The monoisotopic (exact) mass is 359 g/mol. The predicted octanol–water partition coefficient (Wildman–Crippen LogP) is 2.42. The van der Waals surface area contributed by atoms with Crippen LogP contribution in [0.4, 0.5) is 10.5 Å². The molecule has 21 heavy (non-hydrogen) atoms. The first-order valence-corrected chi connectivity index (χ1v) is 6.48. The van der Waals surface area contributed by atoms with Crippen LogP contribution < -0.4 is 19.5 Å². The molecule has 0 fully saturated rings. The lowest BCUT2D eigenvalue weighted by molar-refractivity contribution is 0.163. The minimum atomic E-state index is -1.72. The molecule has 0 spiro atoms. The molecule has 8 nitrogen and oxygen atoms in total. The molecule has 1 heterocycles. The Kier molecular flexibility index (Phi) is 6.38. The van der Waals surface area contributed by atoms with E-state index >= 15 is 0 Å². The van der Waals surface area contributed by atoms with E-state index in [0.717, 1.165) is 0 Å². The molecule has 1 aromatic rings. The Morgan fingerprint density at radius 2 is 1.62 bits per heavy atom. The highest BCUT2D eigenvalue weighted by Gasteiger charge is 2.24. The molecule has 0 saturated carbocycles. The van der Waals surface area contributed by atoms with E-state index in [0.29, 0.717) is 0 Å². The summed E-state index contributed by atoms with van der Waals surface area (Å²) in [6.07, 6.45) is -0.897. The van der Waals surface area contributed by atoms with Gasteiger partial charge in [-0.15, -0.1) is 0 Å². The number of hydrogen-bond donors (Lipinski definition) is 1. The van der Waals surface area contributed by atoms with Crippen molar-refractivity contribution in [2.24, 2.45) is 0 Å². The molecule has 0 aromatic carbocycles. The number of rotatable bonds is 5. The number of ether oxygens (including phenoxy) is 4. The molecule has 0 saturated heterocycles. The fourth-order valence-electron chi connectivity index (χ4n) is 1.18. The molecule has 1 amide bonds. The van der Waals surface area contributed by atoms with Crippen LogP contribution in [0.25, 0.3) is 0 Å². The molecule has 0 aliphatic heterocycles. The van der Waals surface area contributed by atoms with Gasteiger partial charge in [-0.25, -0.2) is 4.79 Å². The third-order valence-corrected chi connectivity index (χ3v) is 2.31. The van der Waals surface area contributed by atoms with E-state index < -0.39 is 16.5 Å². The van der Waals surface area contributed by atoms with E-state index in [1.165, 1.54) is 21.3 Å². The molecule has 0 aliphatic carbocycles. The van der Waals surface area contributed by atoms with E-state index in [2.05, 4.69) is 15.3 Å². The van der Waals surface area contributed by atoms with Crippen LogP contribution in [-0.4, -0.2) is 47.8 Å². The summed E-state index contributed by atoms with van der Waals surface area (Å²) in [5.41, 5.74) is 0.0510. The fourth-order valence-corrected chi connectivity index (χ4v) is 1.34. The number of alkyl halides is 3. The summed E-state index contributed by atoms with van der Waals surface area (Å²) in [7, 11) is 4.06. The summed E-state index contributed by atoms with van der Waals surface area (Å²) < 4.78 is 17.9. The van der Waals surface area contributed by atoms with Gasteiger partial charge < -0.3 is 18.9 Å². The van der Waals surface area contributed by atoms with Gasteiger partial charge in [0, 0.05) is 0 Å². The predicted molar refractivity (Wildman–Crippen MR) is 76.9 cm³/mol. The lowest BCUT2D eigenvalue weighted by Gasteiger charge is -2.15. The number of carbonyl (C=O) groups excluding carboxylic acids is 1. The van der Waals surface area contributed by atoms with Crippen molar-refractivity contribution < 1.29 is 23.7 Å². The number of anilines is 1. The molecular weight excluding hydrogens is 348 g/mol. The highest BCUT2D eigenvalue weighted by Crippen LogP contribution is 2.33. The van der Waals surface area contributed by atoms with Crippen molar-refractivity contribution in [3.63, 3.8) is 0 Å². The van der Waals surface area contributed by atoms with Gasteiger partial charge in [-0.3, -0.25) is 5.32 Å². The zero-order chi connectivity index (χ0) is 16.0. The van der Waals surface area contributed by atoms with E-state index in [1.807, 2.05) is 0 Å². The zero-order valence-corrected chi connectivity index (χ0v) is 13.5. The second kappa shape index (κ2) is 7.58. The van der Waals surface area contributed by atoms with Crippen LogP contribution in [0.5, 0.6) is 17.8 Å². The number of nitrogens with zero attached hydrogens (tertiary/aromatic N) is 2. The van der Waals surface area contributed by atoms with Crippen LogP contribution in [0.3, 0.4) is 0 Å². The molecule has 118 valence electrons. The van der Waals surface area contributed by atoms with Gasteiger partial charge in [0.05, 0.1) is 21.3 Å². The second-order valence-corrected chi connectivity index (χ2v) is 5.94. The molecule has 0 unspecified atom stereocenters. The summed E-state index contributed by atoms with van der Waals surface area (Å²) in [5, 5.41) is 2.34. The number of hydrogen-bond acceptors (Lipinski definition) is 7. The summed E-state index contributed by atoms with van der Waals surface area (Å²) in [6, 6.07) is 0.00362. The van der Waals surface area contributed by atoms with Crippen LogP contribution in [0, 0.1) is 0 Å². The first-order valence-electron chi connectivity index (χ1n) is 5.35. The number of aromatic nitrogens is 2. The number of methoxy groups -OCH3 is 3. The zero-order valence-electron chi connectivity index (χ0n) is 11.3. The summed E-state index contributed by atoms with van der Waals surface area (Å²) >= 11 is 16.4. The van der Waals surface area contributed by atoms with Crippen molar-refractivity contribution in [2.45, 2.75) is 3.79 Å². The third-order valence-electron chi connectivity index (χ3n) is 1.99. The second-order valence-electron chi connectivity index (χ2n) is 3.42. The maximum absolute atomic E-state index is 11.6. The van der Waals surface area contributed by atoms with E-state index in [-0.39, 0.29) is 23.5 Å². The molecule has 0 radical (unpaired) electrons. The Morgan fingerprint density at radius 3 is 2.00 bits per heavy atom. The Hall–Kier alpha value is -1.38. The van der Waals surface area contributed by atoms with Gasteiger partial charge in [0.25, 0.3) is 0 Å². The maximum atomic E-state index is 11.6. The fraction of sp³-hybridized carbons (Fsp3) is 0.500. The van der Waals surface area contributed by atoms with Gasteiger partial charge in [-0.2, -0.15) is 9.97 Å². The first kappa shape index (κ1) is 17.7. The van der Waals surface area contributed by atoms with E-state index in [4.69, 9.17) is 53.8 Å². The highest BCUT2D eigenvalue weighted by molar-refractivity contribution is 6.67. The molecule has 11 heteroatoms. The Morgan fingerprint density at radius 1 is 1.10 bits per heavy atom. The van der Waals surface area contributed by atoms with Crippen LogP contribution in [0.1, 0.15) is 0 Å². The summed E-state index contributed by atoms with van der Waals surface area (Å²) in [4.78, 5) is 19.4. The van der Waals surface area contributed by atoms with Crippen molar-refractivity contribution in [3.05, 3.63) is 0 Å². The molecule has 0 atom stereocenters. The van der Waals surface area contributed by atoms with E-state index in [1.54, 1.807) is 0 Å². The van der Waals surface area contributed by atoms with Crippen LogP contribution in [0.15, 0.2) is 0 Å². The van der Waals surface area contributed by atoms with Gasteiger partial charge in [0.1, 0.15) is 6.61 Å². The summed E-state index contributed by atoms with van der Waals surface area (Å²) in [5.74, 6) is 0.0362. The van der Waals surface area contributed by atoms with Crippen LogP contribution in [0.2, 0.25) is 0 Å². The first-order chi connectivity index (χ1) is 9.80. The van der Waals surface area contributed by atoms with Crippen LogP contribution in [-0.2, 0) is 4.74 Å². The molecule has 1 aromatic heterocycles. The van der Waals surface area contributed by atoms with Gasteiger partial charge in [-0.05, 0) is 0 Å². The smallest absolute Gasteiger partial charge is 0.412 e. The quantitative estimate of drug-likeness (QED) is 0.806. The Labute approximate surface area is 135 Å². The van der Waals surface area contributed by atoms with E-state index in [9.17, 15) is 4.79 Å². The maximum Gasteiger partial charge on any atom is 0.412 e. The Bertz CT molecular complexity index is 484. The van der Waals surface area contributed by atoms with Gasteiger partial charge in [0.15, 0.2) is 5.69 Å². The standard InChI is InChI=1S/C10H12Cl3N3O5/c1-18-6-5(7(19-2)16-8(15-6)20-3)14-9(17)21-4-10(11,12)13/h4H2,1-3H3,(H,14,17). The number of halogens is 3. The lowest BCUT2D eigenvalue weighted by Crippen LogP contribution is -2.22. The van der Waals surface area contributed by atoms with Gasteiger partial charge in [-0.1, -0.05) is 34.8 Å². The van der Waals surface area contributed by atoms with Crippen molar-refractivity contribution in [1.29, 1.82) is 0 Å². The molecule has 0 bridgehead atoms. The molecule has 0 aliphatic rings. The van der Waals surface area contributed by atoms with Gasteiger partial charge in [0.2, 0.25) is 15.6 Å². The van der Waals surface area contributed by atoms with Crippen molar-refractivity contribution in [2.75, 3.05) is 33.3 Å². The largest absolute Gasteiger partial charge is 0.479 e. The average Bonchev–Trinajstić information content (AvgIpc) is 2.44. The number of nitrogens with one attached hydrogen (secondary N) is 1. The van der Waals surface area contributed by atoms with Crippen molar-refractivity contribution in [3.8, 4) is 17.8 Å². The van der Waals surface area contributed by atoms with Crippen molar-refractivity contribution in [1.82, 2.24) is 9.97 Å². The minimum absolute atomic E-state index is 0.00362. The normalized spacial score (nSPS) is 10.8.